The number of aryl methyl sites for hydroxylation is 1. The van der Waals surface area contributed by atoms with Gasteiger partial charge in [-0.25, -0.2) is 4.79 Å². The first-order chi connectivity index (χ1) is 7.40. The van der Waals surface area contributed by atoms with Crippen molar-refractivity contribution in [3.8, 4) is 0 Å². The lowest BCUT2D eigenvalue weighted by molar-refractivity contribution is -0.119. The smallest absolute Gasteiger partial charge is 0.339 e. The Balaban J connectivity index is 2.71. The summed E-state index contributed by atoms with van der Waals surface area (Å²) in [7, 11) is 1.70. The number of rotatable bonds is 5. The minimum atomic E-state index is -1.02. The van der Waals surface area contributed by atoms with Crippen LogP contribution in [0.25, 0.3) is 0 Å². The molecule has 1 aromatic rings. The molecule has 0 aromatic carbocycles. The molecule has 0 saturated heterocycles. The summed E-state index contributed by atoms with van der Waals surface area (Å²) in [6.45, 7) is 2.03. The standard InChI is InChI=1S/C10H14N2O4/c1-6-8(10(14)15)3-7(16-6)4-12(2)5-9(11)13/h3H,4-5H2,1-2H3,(H2,11,13)(H,14,15). The predicted molar refractivity (Wildman–Crippen MR) is 55.9 cm³/mol. The Morgan fingerprint density at radius 3 is 2.62 bits per heavy atom. The van der Waals surface area contributed by atoms with E-state index in [9.17, 15) is 9.59 Å². The van der Waals surface area contributed by atoms with Crippen LogP contribution in [0, 0.1) is 6.92 Å². The maximum atomic E-state index is 10.8. The van der Waals surface area contributed by atoms with Crippen LogP contribution in [0.15, 0.2) is 10.5 Å². The first-order valence-corrected chi connectivity index (χ1v) is 4.69. The molecule has 0 atom stereocenters. The minimum Gasteiger partial charge on any atom is -0.478 e. The summed E-state index contributed by atoms with van der Waals surface area (Å²) in [6, 6.07) is 1.45. The van der Waals surface area contributed by atoms with E-state index in [1.165, 1.54) is 6.07 Å². The van der Waals surface area contributed by atoms with Crippen LogP contribution in [-0.2, 0) is 11.3 Å². The highest BCUT2D eigenvalue weighted by Crippen LogP contribution is 2.15. The largest absolute Gasteiger partial charge is 0.478 e. The van der Waals surface area contributed by atoms with Gasteiger partial charge in [0.05, 0.1) is 13.1 Å². The Hall–Kier alpha value is -1.82. The molecule has 0 fully saturated rings. The van der Waals surface area contributed by atoms with Gasteiger partial charge in [-0.2, -0.15) is 0 Å². The number of carbonyl (C=O) groups excluding carboxylic acids is 1. The quantitative estimate of drug-likeness (QED) is 0.747. The Morgan fingerprint density at radius 2 is 2.19 bits per heavy atom. The van der Waals surface area contributed by atoms with Crippen molar-refractivity contribution in [2.45, 2.75) is 13.5 Å². The first kappa shape index (κ1) is 12.3. The third kappa shape index (κ3) is 3.09. The fraction of sp³-hybridized carbons (Fsp3) is 0.400. The van der Waals surface area contributed by atoms with Crippen molar-refractivity contribution >= 4 is 11.9 Å². The minimum absolute atomic E-state index is 0.0994. The van der Waals surface area contributed by atoms with Gasteiger partial charge in [0.1, 0.15) is 17.1 Å². The molecule has 1 amide bonds. The van der Waals surface area contributed by atoms with E-state index in [0.717, 1.165) is 0 Å². The molecular weight excluding hydrogens is 212 g/mol. The van der Waals surface area contributed by atoms with E-state index in [2.05, 4.69) is 0 Å². The van der Waals surface area contributed by atoms with E-state index >= 15 is 0 Å². The van der Waals surface area contributed by atoms with Gasteiger partial charge in [0, 0.05) is 0 Å². The zero-order valence-electron chi connectivity index (χ0n) is 9.19. The van der Waals surface area contributed by atoms with E-state index in [1.54, 1.807) is 18.9 Å². The van der Waals surface area contributed by atoms with Gasteiger partial charge < -0.3 is 15.3 Å². The second-order valence-electron chi connectivity index (χ2n) is 3.63. The Bertz CT molecular complexity index is 411. The lowest BCUT2D eigenvalue weighted by atomic mass is 10.2. The number of carboxylic acids is 1. The number of aromatic carboxylic acids is 1. The van der Waals surface area contributed by atoms with Crippen LogP contribution in [0.4, 0.5) is 0 Å². The molecular formula is C10H14N2O4. The lowest BCUT2D eigenvalue weighted by Crippen LogP contribution is -2.30. The molecule has 1 aromatic heterocycles. The number of primary amides is 1. The molecule has 6 nitrogen and oxygen atoms in total. The van der Waals surface area contributed by atoms with Crippen LogP contribution in [0.3, 0.4) is 0 Å². The molecule has 16 heavy (non-hydrogen) atoms. The molecule has 0 aliphatic carbocycles. The molecule has 6 heteroatoms. The van der Waals surface area contributed by atoms with Crippen molar-refractivity contribution in [3.05, 3.63) is 23.2 Å². The van der Waals surface area contributed by atoms with Crippen molar-refractivity contribution in [1.29, 1.82) is 0 Å². The predicted octanol–water partition coefficient (Wildman–Crippen LogP) is 0.203. The number of amides is 1. The van der Waals surface area contributed by atoms with Crippen LogP contribution in [0.2, 0.25) is 0 Å². The molecule has 0 unspecified atom stereocenters. The summed E-state index contributed by atoms with van der Waals surface area (Å²) in [5.74, 6) is -0.608. The second kappa shape index (κ2) is 4.80. The fourth-order valence-electron chi connectivity index (χ4n) is 1.42. The molecule has 0 saturated carbocycles. The molecule has 1 heterocycles. The van der Waals surface area contributed by atoms with Gasteiger partial charge in [-0.15, -0.1) is 0 Å². The monoisotopic (exact) mass is 226 g/mol. The summed E-state index contributed by atoms with van der Waals surface area (Å²) in [6.07, 6.45) is 0. The van der Waals surface area contributed by atoms with E-state index in [-0.39, 0.29) is 12.1 Å². The van der Waals surface area contributed by atoms with Gasteiger partial charge in [-0.05, 0) is 20.0 Å². The van der Waals surface area contributed by atoms with Crippen LogP contribution in [0.1, 0.15) is 21.9 Å². The van der Waals surface area contributed by atoms with Crippen LogP contribution in [-0.4, -0.2) is 35.5 Å². The van der Waals surface area contributed by atoms with Crippen LogP contribution in [0.5, 0.6) is 0 Å². The highest BCUT2D eigenvalue weighted by molar-refractivity contribution is 5.88. The van der Waals surface area contributed by atoms with E-state index in [0.29, 0.717) is 18.1 Å². The van der Waals surface area contributed by atoms with E-state index in [4.69, 9.17) is 15.3 Å². The maximum Gasteiger partial charge on any atom is 0.339 e. The molecule has 0 spiro atoms. The fourth-order valence-corrected chi connectivity index (χ4v) is 1.42. The Labute approximate surface area is 92.6 Å². The molecule has 0 bridgehead atoms. The van der Waals surface area contributed by atoms with Crippen LogP contribution < -0.4 is 5.73 Å². The molecule has 3 N–H and O–H groups in total. The molecule has 0 radical (unpaired) electrons. The highest BCUT2D eigenvalue weighted by atomic mass is 16.4. The lowest BCUT2D eigenvalue weighted by Gasteiger charge is -2.11. The van der Waals surface area contributed by atoms with Crippen molar-refractivity contribution < 1.29 is 19.1 Å². The third-order valence-electron chi connectivity index (χ3n) is 2.05. The second-order valence-corrected chi connectivity index (χ2v) is 3.63. The molecule has 0 aliphatic heterocycles. The number of furan rings is 1. The number of carboxylic acid groups (broad SMARTS) is 1. The highest BCUT2D eigenvalue weighted by Gasteiger charge is 2.15. The number of hydrogen-bond acceptors (Lipinski definition) is 4. The third-order valence-corrected chi connectivity index (χ3v) is 2.05. The topological polar surface area (TPSA) is 96.8 Å². The number of carbonyl (C=O) groups is 2. The van der Waals surface area contributed by atoms with Gasteiger partial charge in [0.2, 0.25) is 5.91 Å². The first-order valence-electron chi connectivity index (χ1n) is 4.69. The average Bonchev–Trinajstić information content (AvgIpc) is 2.44. The van der Waals surface area contributed by atoms with Crippen molar-refractivity contribution in [2.24, 2.45) is 5.73 Å². The zero-order chi connectivity index (χ0) is 12.3. The number of nitrogens with two attached hydrogens (primary N) is 1. The summed E-state index contributed by atoms with van der Waals surface area (Å²) in [4.78, 5) is 23.0. The van der Waals surface area contributed by atoms with Gasteiger partial charge in [0.25, 0.3) is 0 Å². The number of nitrogens with zero attached hydrogens (tertiary/aromatic N) is 1. The normalized spacial score (nSPS) is 10.7. The summed E-state index contributed by atoms with van der Waals surface area (Å²) >= 11 is 0. The van der Waals surface area contributed by atoms with Gasteiger partial charge in [-0.1, -0.05) is 0 Å². The van der Waals surface area contributed by atoms with Crippen molar-refractivity contribution in [1.82, 2.24) is 4.90 Å². The average molecular weight is 226 g/mol. The number of likely N-dealkylation sites (N-methyl/N-ethyl adjacent to an activating group) is 1. The SMILES string of the molecule is Cc1oc(CN(C)CC(N)=O)cc1C(=O)O. The maximum absolute atomic E-state index is 10.8. The summed E-state index contributed by atoms with van der Waals surface area (Å²) in [5.41, 5.74) is 5.17. The zero-order valence-corrected chi connectivity index (χ0v) is 9.19. The van der Waals surface area contributed by atoms with E-state index in [1.807, 2.05) is 0 Å². The summed E-state index contributed by atoms with van der Waals surface area (Å²) in [5, 5.41) is 8.81. The molecule has 0 aliphatic rings. The van der Waals surface area contributed by atoms with Crippen molar-refractivity contribution in [3.63, 3.8) is 0 Å². The van der Waals surface area contributed by atoms with Crippen molar-refractivity contribution in [2.75, 3.05) is 13.6 Å². The number of hydrogen-bond donors (Lipinski definition) is 2. The Kier molecular flexibility index (Phi) is 3.68. The van der Waals surface area contributed by atoms with E-state index < -0.39 is 11.9 Å². The summed E-state index contributed by atoms with van der Waals surface area (Å²) < 4.78 is 5.25. The van der Waals surface area contributed by atoms with Gasteiger partial charge in [-0.3, -0.25) is 9.69 Å². The van der Waals surface area contributed by atoms with Crippen LogP contribution >= 0.6 is 0 Å². The van der Waals surface area contributed by atoms with Gasteiger partial charge >= 0.3 is 5.97 Å². The molecule has 88 valence electrons. The van der Waals surface area contributed by atoms with Gasteiger partial charge in [0.15, 0.2) is 0 Å². The Morgan fingerprint density at radius 1 is 1.56 bits per heavy atom. The molecule has 1 rings (SSSR count).